The lowest BCUT2D eigenvalue weighted by molar-refractivity contribution is 0.0600. The Hall–Kier alpha value is -1.72. The van der Waals surface area contributed by atoms with Crippen molar-refractivity contribution in [3.8, 4) is 0 Å². The van der Waals surface area contributed by atoms with Crippen LogP contribution in [0.25, 0.3) is 0 Å². The van der Waals surface area contributed by atoms with Crippen molar-refractivity contribution < 1.29 is 14.6 Å². The summed E-state index contributed by atoms with van der Waals surface area (Å²) in [5.41, 5.74) is 1.26. The number of pyridine rings is 1. The van der Waals surface area contributed by atoms with E-state index >= 15 is 0 Å². The van der Waals surface area contributed by atoms with E-state index < -0.39 is 5.97 Å². The van der Waals surface area contributed by atoms with Gasteiger partial charge in [-0.15, -0.1) is 6.58 Å². The third kappa shape index (κ3) is 4.27. The monoisotopic (exact) mass is 250 g/mol. The fourth-order valence-electron chi connectivity index (χ4n) is 1.54. The normalized spacial score (nSPS) is 10.4. The number of rotatable bonds is 7. The summed E-state index contributed by atoms with van der Waals surface area (Å²) >= 11 is 0. The number of nitrogens with zero attached hydrogens (tertiary/aromatic N) is 2. The molecule has 0 bridgehead atoms. The van der Waals surface area contributed by atoms with Crippen molar-refractivity contribution in [1.29, 1.82) is 0 Å². The molecule has 1 heterocycles. The lowest BCUT2D eigenvalue weighted by Gasteiger charge is -2.18. The number of ether oxygens (including phenoxy) is 1. The first-order chi connectivity index (χ1) is 8.71. The molecule has 1 N–H and O–H groups in total. The van der Waals surface area contributed by atoms with E-state index in [4.69, 9.17) is 5.11 Å². The maximum absolute atomic E-state index is 11.2. The van der Waals surface area contributed by atoms with E-state index in [9.17, 15) is 4.79 Å². The summed E-state index contributed by atoms with van der Waals surface area (Å²) in [5, 5.41) is 8.93. The van der Waals surface area contributed by atoms with Gasteiger partial charge >= 0.3 is 5.97 Å². The zero-order valence-corrected chi connectivity index (χ0v) is 10.5. The van der Waals surface area contributed by atoms with Crippen molar-refractivity contribution in [2.24, 2.45) is 0 Å². The summed E-state index contributed by atoms with van der Waals surface area (Å²) in [5.74, 6) is -0.396. The Bertz CT molecular complexity index is 390. The molecule has 0 aliphatic rings. The summed E-state index contributed by atoms with van der Waals surface area (Å²) in [7, 11) is 1.34. The highest BCUT2D eigenvalue weighted by Gasteiger charge is 2.08. The molecule has 5 heteroatoms. The van der Waals surface area contributed by atoms with Gasteiger partial charge in [0, 0.05) is 25.8 Å². The van der Waals surface area contributed by atoms with Crippen LogP contribution in [0.1, 0.15) is 16.1 Å². The van der Waals surface area contributed by atoms with E-state index in [1.165, 1.54) is 13.3 Å². The summed E-state index contributed by atoms with van der Waals surface area (Å²) in [4.78, 5) is 17.4. The van der Waals surface area contributed by atoms with Crippen LogP contribution >= 0.6 is 0 Å². The molecule has 1 aromatic rings. The highest BCUT2D eigenvalue weighted by molar-refractivity contribution is 5.88. The summed E-state index contributed by atoms with van der Waals surface area (Å²) in [6, 6.07) is 3.46. The lowest BCUT2D eigenvalue weighted by atomic mass is 10.2. The molecule has 1 rings (SSSR count). The Balaban J connectivity index is 2.66. The Morgan fingerprint density at radius 1 is 1.61 bits per heavy atom. The summed E-state index contributed by atoms with van der Waals surface area (Å²) in [6.45, 7) is 5.61. The van der Waals surface area contributed by atoms with Crippen molar-refractivity contribution >= 4 is 5.97 Å². The third-order valence-corrected chi connectivity index (χ3v) is 2.43. The number of aliphatic hydroxyl groups is 1. The molecule has 18 heavy (non-hydrogen) atoms. The number of hydrogen-bond acceptors (Lipinski definition) is 5. The fraction of sp³-hybridized carbons (Fsp3) is 0.385. The van der Waals surface area contributed by atoms with Crippen molar-refractivity contribution in [1.82, 2.24) is 9.88 Å². The highest BCUT2D eigenvalue weighted by atomic mass is 16.5. The number of aliphatic hydroxyl groups excluding tert-OH is 1. The standard InChI is InChI=1S/C13H18N2O3/c1-3-6-15(7-8-16)10-12-5-4-11(9-14-12)13(17)18-2/h3-5,9,16H,1,6-8,10H2,2H3. The zero-order valence-electron chi connectivity index (χ0n) is 10.5. The average Bonchev–Trinajstić information content (AvgIpc) is 2.39. The van der Waals surface area contributed by atoms with E-state index in [0.29, 0.717) is 25.2 Å². The van der Waals surface area contributed by atoms with Gasteiger partial charge in [0.15, 0.2) is 0 Å². The molecular formula is C13H18N2O3. The molecule has 0 aliphatic carbocycles. The SMILES string of the molecule is C=CCN(CCO)Cc1ccc(C(=O)OC)cn1. The molecule has 5 nitrogen and oxygen atoms in total. The van der Waals surface area contributed by atoms with Crippen LogP contribution in [0.15, 0.2) is 31.0 Å². The van der Waals surface area contributed by atoms with E-state index in [0.717, 1.165) is 5.69 Å². The number of carbonyl (C=O) groups excluding carboxylic acids is 1. The van der Waals surface area contributed by atoms with Crippen molar-refractivity contribution in [3.63, 3.8) is 0 Å². The van der Waals surface area contributed by atoms with Crippen LogP contribution in [-0.4, -0.2) is 47.8 Å². The molecule has 0 spiro atoms. The summed E-state index contributed by atoms with van der Waals surface area (Å²) < 4.78 is 4.60. The number of aromatic nitrogens is 1. The first-order valence-corrected chi connectivity index (χ1v) is 5.68. The molecule has 1 aromatic heterocycles. The molecule has 0 atom stereocenters. The minimum absolute atomic E-state index is 0.0914. The minimum atomic E-state index is -0.396. The first-order valence-electron chi connectivity index (χ1n) is 5.68. The van der Waals surface area contributed by atoms with Gasteiger partial charge in [0.2, 0.25) is 0 Å². The van der Waals surface area contributed by atoms with E-state index in [-0.39, 0.29) is 6.61 Å². The van der Waals surface area contributed by atoms with Crippen LogP contribution in [0.5, 0.6) is 0 Å². The van der Waals surface area contributed by atoms with Crippen molar-refractivity contribution in [3.05, 3.63) is 42.2 Å². The Labute approximate surface area is 107 Å². The predicted octanol–water partition coefficient (Wildman–Crippen LogP) is 0.849. The topological polar surface area (TPSA) is 62.7 Å². The molecule has 0 amide bonds. The largest absolute Gasteiger partial charge is 0.465 e. The van der Waals surface area contributed by atoms with E-state index in [2.05, 4.69) is 16.3 Å². The highest BCUT2D eigenvalue weighted by Crippen LogP contribution is 2.05. The van der Waals surface area contributed by atoms with E-state index in [1.807, 2.05) is 4.90 Å². The smallest absolute Gasteiger partial charge is 0.339 e. The van der Waals surface area contributed by atoms with Gasteiger partial charge in [-0.2, -0.15) is 0 Å². The van der Waals surface area contributed by atoms with Gasteiger partial charge in [-0.1, -0.05) is 6.08 Å². The maximum atomic E-state index is 11.2. The van der Waals surface area contributed by atoms with Crippen molar-refractivity contribution in [2.75, 3.05) is 26.8 Å². The second kappa shape index (κ2) is 7.58. The number of carbonyl (C=O) groups is 1. The maximum Gasteiger partial charge on any atom is 0.339 e. The number of esters is 1. The Morgan fingerprint density at radius 3 is 2.89 bits per heavy atom. The van der Waals surface area contributed by atoms with Gasteiger partial charge in [0.05, 0.1) is 25.0 Å². The molecular weight excluding hydrogens is 232 g/mol. The number of hydrogen-bond donors (Lipinski definition) is 1. The quantitative estimate of drug-likeness (QED) is 0.574. The molecule has 0 saturated heterocycles. The number of methoxy groups -OCH3 is 1. The molecule has 0 unspecified atom stereocenters. The van der Waals surface area contributed by atoms with Crippen LogP contribution in [-0.2, 0) is 11.3 Å². The van der Waals surface area contributed by atoms with Crippen LogP contribution in [0, 0.1) is 0 Å². The lowest BCUT2D eigenvalue weighted by Crippen LogP contribution is -2.27. The van der Waals surface area contributed by atoms with Crippen LogP contribution in [0.4, 0.5) is 0 Å². The van der Waals surface area contributed by atoms with Crippen LogP contribution in [0.2, 0.25) is 0 Å². The molecule has 0 aromatic carbocycles. The van der Waals surface area contributed by atoms with Crippen LogP contribution < -0.4 is 0 Å². The van der Waals surface area contributed by atoms with Gasteiger partial charge in [0.1, 0.15) is 0 Å². The fourth-order valence-corrected chi connectivity index (χ4v) is 1.54. The zero-order chi connectivity index (χ0) is 13.4. The Morgan fingerprint density at radius 2 is 2.39 bits per heavy atom. The first kappa shape index (κ1) is 14.3. The Kier molecular flexibility index (Phi) is 6.04. The second-order valence-corrected chi connectivity index (χ2v) is 3.78. The predicted molar refractivity (Wildman–Crippen MR) is 68.1 cm³/mol. The molecule has 98 valence electrons. The van der Waals surface area contributed by atoms with Gasteiger partial charge < -0.3 is 9.84 Å². The second-order valence-electron chi connectivity index (χ2n) is 3.78. The summed E-state index contributed by atoms with van der Waals surface area (Å²) in [6.07, 6.45) is 3.27. The molecule has 0 fully saturated rings. The molecule has 0 aliphatic heterocycles. The average molecular weight is 250 g/mol. The van der Waals surface area contributed by atoms with Gasteiger partial charge in [0.25, 0.3) is 0 Å². The molecule has 0 radical (unpaired) electrons. The molecule has 0 saturated carbocycles. The van der Waals surface area contributed by atoms with Crippen molar-refractivity contribution in [2.45, 2.75) is 6.54 Å². The minimum Gasteiger partial charge on any atom is -0.465 e. The van der Waals surface area contributed by atoms with Gasteiger partial charge in [-0.05, 0) is 12.1 Å². The van der Waals surface area contributed by atoms with Gasteiger partial charge in [-0.25, -0.2) is 4.79 Å². The van der Waals surface area contributed by atoms with E-state index in [1.54, 1.807) is 18.2 Å². The van der Waals surface area contributed by atoms with Gasteiger partial charge in [-0.3, -0.25) is 9.88 Å². The van der Waals surface area contributed by atoms with Crippen LogP contribution in [0.3, 0.4) is 0 Å². The third-order valence-electron chi connectivity index (χ3n) is 2.43.